The second-order valence-corrected chi connectivity index (χ2v) is 5.66. The van der Waals surface area contributed by atoms with Crippen LogP contribution in [-0.2, 0) is 9.53 Å². The quantitative estimate of drug-likeness (QED) is 0.757. The molecule has 0 aromatic heterocycles. The summed E-state index contributed by atoms with van der Waals surface area (Å²) in [6.07, 6.45) is 7.73. The molecule has 0 aliphatic carbocycles. The maximum absolute atomic E-state index is 10.5. The highest BCUT2D eigenvalue weighted by Gasteiger charge is 2.23. The molecule has 2 heterocycles. The molecule has 2 aliphatic rings. The third-order valence-corrected chi connectivity index (χ3v) is 4.16. The molecule has 2 fully saturated rings. The van der Waals surface area contributed by atoms with Crippen LogP contribution in [0.3, 0.4) is 0 Å². The summed E-state index contributed by atoms with van der Waals surface area (Å²) in [5, 5.41) is 8.67. The van der Waals surface area contributed by atoms with Crippen molar-refractivity contribution in [2.45, 2.75) is 51.0 Å². The summed E-state index contributed by atoms with van der Waals surface area (Å²) in [5.74, 6) is -0.0596. The van der Waals surface area contributed by atoms with E-state index in [-0.39, 0.29) is 0 Å². The van der Waals surface area contributed by atoms with Crippen LogP contribution in [0.1, 0.15) is 44.9 Å². The Bertz CT molecular complexity index is 264. The highest BCUT2D eigenvalue weighted by Crippen LogP contribution is 2.22. The minimum Gasteiger partial charge on any atom is -0.481 e. The van der Waals surface area contributed by atoms with Crippen LogP contribution in [0.5, 0.6) is 0 Å². The minimum atomic E-state index is -0.660. The van der Waals surface area contributed by atoms with Gasteiger partial charge in [0.15, 0.2) is 0 Å². The van der Waals surface area contributed by atoms with Crippen LogP contribution in [-0.4, -0.2) is 48.3 Å². The molecule has 2 saturated heterocycles. The molecule has 0 aromatic rings. The lowest BCUT2D eigenvalue weighted by atomic mass is 10.0. The van der Waals surface area contributed by atoms with Crippen LogP contribution >= 0.6 is 0 Å². The fraction of sp³-hybridized carbons (Fsp3) is 0.929. The molecule has 2 rings (SSSR count). The van der Waals surface area contributed by atoms with E-state index < -0.39 is 5.97 Å². The van der Waals surface area contributed by atoms with E-state index in [0.717, 1.165) is 32.7 Å². The van der Waals surface area contributed by atoms with Gasteiger partial charge in [0.25, 0.3) is 0 Å². The van der Waals surface area contributed by atoms with Crippen molar-refractivity contribution in [3.8, 4) is 0 Å². The molecule has 0 saturated carbocycles. The zero-order valence-corrected chi connectivity index (χ0v) is 11.1. The van der Waals surface area contributed by atoms with Crippen LogP contribution < -0.4 is 0 Å². The number of carboxylic acid groups (broad SMARTS) is 1. The molecule has 0 bridgehead atoms. The lowest BCUT2D eigenvalue weighted by Crippen LogP contribution is -2.23. The van der Waals surface area contributed by atoms with Crippen LogP contribution in [0.25, 0.3) is 0 Å². The van der Waals surface area contributed by atoms with Crippen LogP contribution in [0.4, 0.5) is 0 Å². The summed E-state index contributed by atoms with van der Waals surface area (Å²) in [6.45, 7) is 4.35. The molecule has 104 valence electrons. The predicted octanol–water partition coefficient (Wildman–Crippen LogP) is 2.13. The van der Waals surface area contributed by atoms with Gasteiger partial charge in [-0.2, -0.15) is 0 Å². The van der Waals surface area contributed by atoms with Gasteiger partial charge in [0.05, 0.1) is 6.10 Å². The molecule has 2 atom stereocenters. The van der Waals surface area contributed by atoms with Crippen molar-refractivity contribution in [2.24, 2.45) is 5.92 Å². The number of carbonyl (C=O) groups is 1. The smallest absolute Gasteiger partial charge is 0.303 e. The highest BCUT2D eigenvalue weighted by atomic mass is 16.5. The summed E-state index contributed by atoms with van der Waals surface area (Å²) < 4.78 is 5.62. The molecule has 4 heteroatoms. The van der Waals surface area contributed by atoms with Gasteiger partial charge in [0, 0.05) is 19.6 Å². The molecule has 2 aliphatic heterocycles. The van der Waals surface area contributed by atoms with E-state index in [9.17, 15) is 4.79 Å². The van der Waals surface area contributed by atoms with Gasteiger partial charge in [0.2, 0.25) is 0 Å². The summed E-state index contributed by atoms with van der Waals surface area (Å²) in [4.78, 5) is 13.0. The number of rotatable bonds is 7. The number of hydrogen-bond donors (Lipinski definition) is 1. The van der Waals surface area contributed by atoms with Crippen LogP contribution in [0.2, 0.25) is 0 Å². The predicted molar refractivity (Wildman–Crippen MR) is 69.6 cm³/mol. The first-order valence-corrected chi connectivity index (χ1v) is 7.30. The SMILES string of the molecule is O=C(O)CCC1CCN(CCCC2CCCO2)C1. The first-order chi connectivity index (χ1) is 8.74. The Morgan fingerprint density at radius 3 is 2.94 bits per heavy atom. The number of nitrogens with zero attached hydrogens (tertiary/aromatic N) is 1. The maximum Gasteiger partial charge on any atom is 0.303 e. The van der Waals surface area contributed by atoms with Crippen molar-refractivity contribution in [2.75, 3.05) is 26.2 Å². The first kappa shape index (κ1) is 13.8. The van der Waals surface area contributed by atoms with Crippen molar-refractivity contribution >= 4 is 5.97 Å². The van der Waals surface area contributed by atoms with Gasteiger partial charge in [-0.25, -0.2) is 0 Å². The second kappa shape index (κ2) is 7.10. The van der Waals surface area contributed by atoms with Crippen LogP contribution in [0.15, 0.2) is 0 Å². The zero-order chi connectivity index (χ0) is 12.8. The molecule has 0 amide bonds. The van der Waals surface area contributed by atoms with E-state index in [2.05, 4.69) is 4.90 Å². The lowest BCUT2D eigenvalue weighted by Gasteiger charge is -2.17. The Kier molecular flexibility index (Phi) is 5.45. The van der Waals surface area contributed by atoms with E-state index in [1.807, 2.05) is 0 Å². The number of ether oxygens (including phenoxy) is 1. The van der Waals surface area contributed by atoms with Gasteiger partial charge in [-0.15, -0.1) is 0 Å². The van der Waals surface area contributed by atoms with E-state index in [4.69, 9.17) is 9.84 Å². The second-order valence-electron chi connectivity index (χ2n) is 5.66. The average Bonchev–Trinajstić information content (AvgIpc) is 2.97. The highest BCUT2D eigenvalue weighted by molar-refractivity contribution is 5.66. The van der Waals surface area contributed by atoms with Crippen molar-refractivity contribution in [1.29, 1.82) is 0 Å². The fourth-order valence-corrected chi connectivity index (χ4v) is 3.09. The molecule has 18 heavy (non-hydrogen) atoms. The molecular weight excluding hydrogens is 230 g/mol. The van der Waals surface area contributed by atoms with E-state index in [1.54, 1.807) is 0 Å². The topological polar surface area (TPSA) is 49.8 Å². The van der Waals surface area contributed by atoms with Gasteiger partial charge < -0.3 is 14.7 Å². The normalized spacial score (nSPS) is 28.9. The molecule has 0 spiro atoms. The van der Waals surface area contributed by atoms with Gasteiger partial charge in [-0.05, 0) is 57.5 Å². The molecule has 4 nitrogen and oxygen atoms in total. The molecule has 1 N–H and O–H groups in total. The number of aliphatic carboxylic acids is 1. The number of carboxylic acids is 1. The van der Waals surface area contributed by atoms with Crippen molar-refractivity contribution in [1.82, 2.24) is 4.90 Å². The van der Waals surface area contributed by atoms with Crippen LogP contribution in [0, 0.1) is 5.92 Å². The summed E-state index contributed by atoms with van der Waals surface area (Å²) in [6, 6.07) is 0. The van der Waals surface area contributed by atoms with Gasteiger partial charge in [-0.1, -0.05) is 0 Å². The fourth-order valence-electron chi connectivity index (χ4n) is 3.09. The van der Waals surface area contributed by atoms with Crippen molar-refractivity contribution < 1.29 is 14.6 Å². The largest absolute Gasteiger partial charge is 0.481 e. The van der Waals surface area contributed by atoms with E-state index >= 15 is 0 Å². The van der Waals surface area contributed by atoms with Gasteiger partial charge >= 0.3 is 5.97 Å². The van der Waals surface area contributed by atoms with Gasteiger partial charge in [-0.3, -0.25) is 4.79 Å². The third kappa shape index (κ3) is 4.58. The molecule has 0 radical (unpaired) electrons. The third-order valence-electron chi connectivity index (χ3n) is 4.16. The zero-order valence-electron chi connectivity index (χ0n) is 11.1. The van der Waals surface area contributed by atoms with Gasteiger partial charge in [0.1, 0.15) is 0 Å². The molecule has 2 unspecified atom stereocenters. The Morgan fingerprint density at radius 1 is 1.33 bits per heavy atom. The Labute approximate surface area is 109 Å². The summed E-state index contributed by atoms with van der Waals surface area (Å²) in [5.41, 5.74) is 0. The summed E-state index contributed by atoms with van der Waals surface area (Å²) >= 11 is 0. The minimum absolute atomic E-state index is 0.328. The average molecular weight is 255 g/mol. The Hall–Kier alpha value is -0.610. The van der Waals surface area contributed by atoms with E-state index in [1.165, 1.54) is 32.1 Å². The monoisotopic (exact) mass is 255 g/mol. The standard InChI is InChI=1S/C14H25NO3/c16-14(17)6-5-12-7-9-15(11-12)8-1-3-13-4-2-10-18-13/h12-13H,1-11H2,(H,16,17). The number of likely N-dealkylation sites (tertiary alicyclic amines) is 1. The van der Waals surface area contributed by atoms with Crippen molar-refractivity contribution in [3.63, 3.8) is 0 Å². The molecule has 0 aromatic carbocycles. The lowest BCUT2D eigenvalue weighted by molar-refractivity contribution is -0.137. The van der Waals surface area contributed by atoms with E-state index in [0.29, 0.717) is 18.4 Å². The Balaban J connectivity index is 1.53. The molecular formula is C14H25NO3. The number of hydrogen-bond acceptors (Lipinski definition) is 3. The van der Waals surface area contributed by atoms with Crippen molar-refractivity contribution in [3.05, 3.63) is 0 Å². The first-order valence-electron chi connectivity index (χ1n) is 7.30. The summed E-state index contributed by atoms with van der Waals surface area (Å²) in [7, 11) is 0. The Morgan fingerprint density at radius 2 is 2.22 bits per heavy atom. The maximum atomic E-state index is 10.5.